The van der Waals surface area contributed by atoms with Crippen molar-refractivity contribution in [3.8, 4) is 0 Å². The van der Waals surface area contributed by atoms with Gasteiger partial charge in [-0.2, -0.15) is 0 Å². The first-order valence-corrected chi connectivity index (χ1v) is 4.05. The van der Waals surface area contributed by atoms with E-state index in [2.05, 4.69) is 0 Å². The third kappa shape index (κ3) is 3.18. The van der Waals surface area contributed by atoms with Crippen LogP contribution in [0.25, 0.3) is 0 Å². The van der Waals surface area contributed by atoms with Gasteiger partial charge in [0.05, 0.1) is 13.2 Å². The zero-order chi connectivity index (χ0) is 8.10. The maximum Gasteiger partial charge on any atom is 0.154 e. The molecule has 3 nitrogen and oxygen atoms in total. The zero-order valence-electron chi connectivity index (χ0n) is 7.21. The van der Waals surface area contributed by atoms with Crippen LogP contribution in [0, 0.1) is 5.92 Å². The monoisotopic (exact) mass is 160 g/mol. The molecule has 3 heteroatoms. The van der Waals surface area contributed by atoms with Gasteiger partial charge in [-0.1, -0.05) is 0 Å². The maximum atomic E-state index is 5.31. The van der Waals surface area contributed by atoms with Crippen molar-refractivity contribution in [2.75, 3.05) is 26.9 Å². The van der Waals surface area contributed by atoms with E-state index in [1.54, 1.807) is 7.11 Å². The van der Waals surface area contributed by atoms with Gasteiger partial charge in [-0.05, 0) is 13.3 Å². The van der Waals surface area contributed by atoms with E-state index in [4.69, 9.17) is 14.2 Å². The molecular weight excluding hydrogens is 144 g/mol. The van der Waals surface area contributed by atoms with Gasteiger partial charge in [0.2, 0.25) is 0 Å². The molecule has 0 bridgehead atoms. The highest BCUT2D eigenvalue weighted by atomic mass is 16.7. The van der Waals surface area contributed by atoms with Gasteiger partial charge in [-0.3, -0.25) is 0 Å². The van der Waals surface area contributed by atoms with Crippen molar-refractivity contribution >= 4 is 0 Å². The van der Waals surface area contributed by atoms with Crippen LogP contribution in [0.4, 0.5) is 0 Å². The van der Waals surface area contributed by atoms with Gasteiger partial charge in [0.25, 0.3) is 0 Å². The van der Waals surface area contributed by atoms with E-state index in [-0.39, 0.29) is 6.29 Å². The van der Waals surface area contributed by atoms with Gasteiger partial charge < -0.3 is 14.2 Å². The first-order chi connectivity index (χ1) is 5.33. The molecule has 1 saturated heterocycles. The van der Waals surface area contributed by atoms with Crippen molar-refractivity contribution < 1.29 is 14.2 Å². The fraction of sp³-hybridized carbons (Fsp3) is 1.00. The fourth-order valence-electron chi connectivity index (χ4n) is 1.09. The molecule has 0 spiro atoms. The van der Waals surface area contributed by atoms with Crippen LogP contribution in [0.2, 0.25) is 0 Å². The molecule has 1 fully saturated rings. The number of ether oxygens (including phenoxy) is 3. The van der Waals surface area contributed by atoms with E-state index < -0.39 is 0 Å². The normalized spacial score (nSPS) is 32.2. The van der Waals surface area contributed by atoms with Crippen LogP contribution in [0.5, 0.6) is 0 Å². The second-order valence-corrected chi connectivity index (χ2v) is 2.88. The summed E-state index contributed by atoms with van der Waals surface area (Å²) in [5.74, 6) is 0.520. The molecular formula is C8H16O3. The summed E-state index contributed by atoms with van der Waals surface area (Å²) in [6.45, 7) is 4.34. The van der Waals surface area contributed by atoms with Crippen molar-refractivity contribution in [1.82, 2.24) is 0 Å². The van der Waals surface area contributed by atoms with E-state index in [1.807, 2.05) is 6.92 Å². The van der Waals surface area contributed by atoms with E-state index in [9.17, 15) is 0 Å². The molecule has 0 aromatic rings. The van der Waals surface area contributed by atoms with Gasteiger partial charge >= 0.3 is 0 Å². The van der Waals surface area contributed by atoms with Crippen LogP contribution in [0.3, 0.4) is 0 Å². The fourth-order valence-corrected chi connectivity index (χ4v) is 1.09. The predicted octanol–water partition coefficient (Wildman–Crippen LogP) is 1.03. The summed E-state index contributed by atoms with van der Waals surface area (Å²) in [6.07, 6.45) is 1.01. The van der Waals surface area contributed by atoms with Gasteiger partial charge in [-0.15, -0.1) is 0 Å². The molecule has 1 aliphatic heterocycles. The summed E-state index contributed by atoms with van der Waals surface area (Å²) in [5.41, 5.74) is 0. The Morgan fingerprint density at radius 1 is 1.36 bits per heavy atom. The van der Waals surface area contributed by atoms with Crippen LogP contribution in [-0.4, -0.2) is 33.2 Å². The molecule has 0 radical (unpaired) electrons. The second kappa shape index (κ2) is 4.70. The van der Waals surface area contributed by atoms with Crippen LogP contribution in [0.1, 0.15) is 13.3 Å². The maximum absolute atomic E-state index is 5.31. The van der Waals surface area contributed by atoms with Crippen LogP contribution < -0.4 is 0 Å². The Morgan fingerprint density at radius 3 is 2.55 bits per heavy atom. The highest BCUT2D eigenvalue weighted by molar-refractivity contribution is 4.60. The molecule has 0 atom stereocenters. The topological polar surface area (TPSA) is 27.7 Å². The quantitative estimate of drug-likeness (QED) is 0.617. The number of hydrogen-bond donors (Lipinski definition) is 0. The minimum absolute atomic E-state index is 0.0196. The van der Waals surface area contributed by atoms with E-state index >= 15 is 0 Å². The van der Waals surface area contributed by atoms with E-state index in [1.165, 1.54) is 0 Å². The summed E-state index contributed by atoms with van der Waals surface area (Å²) in [7, 11) is 1.72. The van der Waals surface area contributed by atoms with Gasteiger partial charge in [0.1, 0.15) is 0 Å². The molecule has 1 rings (SSSR count). The first-order valence-electron chi connectivity index (χ1n) is 4.05. The van der Waals surface area contributed by atoms with Crippen LogP contribution in [0.15, 0.2) is 0 Å². The SMILES string of the molecule is COCCC1COC(C)OC1. The molecule has 0 unspecified atom stereocenters. The molecule has 1 aliphatic rings. The lowest BCUT2D eigenvalue weighted by Crippen LogP contribution is -2.30. The van der Waals surface area contributed by atoms with E-state index in [0.29, 0.717) is 5.92 Å². The van der Waals surface area contributed by atoms with Gasteiger partial charge in [-0.25, -0.2) is 0 Å². The third-order valence-corrected chi connectivity index (χ3v) is 1.86. The molecule has 66 valence electrons. The molecule has 11 heavy (non-hydrogen) atoms. The average Bonchev–Trinajstić information content (AvgIpc) is 2.04. The first kappa shape index (κ1) is 8.97. The van der Waals surface area contributed by atoms with Crippen molar-refractivity contribution in [3.05, 3.63) is 0 Å². The average molecular weight is 160 g/mol. The summed E-state index contributed by atoms with van der Waals surface area (Å²) < 4.78 is 15.6. The standard InChI is InChI=1S/C8H16O3/c1-7-10-5-8(6-11-7)3-4-9-2/h7-8H,3-6H2,1-2H3. The van der Waals surface area contributed by atoms with E-state index in [0.717, 1.165) is 26.2 Å². The molecule has 0 aliphatic carbocycles. The molecule has 0 amide bonds. The molecule has 0 aromatic heterocycles. The number of methoxy groups -OCH3 is 1. The number of rotatable bonds is 3. The van der Waals surface area contributed by atoms with Crippen molar-refractivity contribution in [2.45, 2.75) is 19.6 Å². The Morgan fingerprint density at radius 2 is 2.00 bits per heavy atom. The Balaban J connectivity index is 2.07. The van der Waals surface area contributed by atoms with Gasteiger partial charge in [0, 0.05) is 19.6 Å². The smallest absolute Gasteiger partial charge is 0.154 e. The molecule has 1 heterocycles. The van der Waals surface area contributed by atoms with Crippen molar-refractivity contribution in [1.29, 1.82) is 0 Å². The minimum Gasteiger partial charge on any atom is -0.385 e. The zero-order valence-corrected chi connectivity index (χ0v) is 7.21. The van der Waals surface area contributed by atoms with Crippen LogP contribution in [-0.2, 0) is 14.2 Å². The second-order valence-electron chi connectivity index (χ2n) is 2.88. The van der Waals surface area contributed by atoms with Crippen molar-refractivity contribution in [3.63, 3.8) is 0 Å². The lowest BCUT2D eigenvalue weighted by molar-refractivity contribution is -0.192. The summed E-state index contributed by atoms with van der Waals surface area (Å²) in [4.78, 5) is 0. The summed E-state index contributed by atoms with van der Waals surface area (Å²) in [5, 5.41) is 0. The predicted molar refractivity (Wildman–Crippen MR) is 41.3 cm³/mol. The lowest BCUT2D eigenvalue weighted by atomic mass is 10.1. The Hall–Kier alpha value is -0.120. The Labute approximate surface area is 67.6 Å². The summed E-state index contributed by atoms with van der Waals surface area (Å²) >= 11 is 0. The lowest BCUT2D eigenvalue weighted by Gasteiger charge is -2.26. The van der Waals surface area contributed by atoms with Gasteiger partial charge in [0.15, 0.2) is 6.29 Å². The number of hydrogen-bond acceptors (Lipinski definition) is 3. The minimum atomic E-state index is -0.0196. The van der Waals surface area contributed by atoms with Crippen LogP contribution >= 0.6 is 0 Å². The molecule has 0 aromatic carbocycles. The van der Waals surface area contributed by atoms with Crippen molar-refractivity contribution in [2.24, 2.45) is 5.92 Å². The Bertz CT molecular complexity index is 94.8. The highest BCUT2D eigenvalue weighted by Gasteiger charge is 2.18. The Kier molecular flexibility index (Phi) is 3.83. The highest BCUT2D eigenvalue weighted by Crippen LogP contribution is 2.13. The third-order valence-electron chi connectivity index (χ3n) is 1.86. The summed E-state index contributed by atoms with van der Waals surface area (Å²) in [6, 6.07) is 0. The molecule has 0 saturated carbocycles. The largest absolute Gasteiger partial charge is 0.385 e. The molecule has 0 N–H and O–H groups in total.